The van der Waals surface area contributed by atoms with Gasteiger partial charge in [-0.15, -0.1) is 19.1 Å². The molecule has 0 radical (unpaired) electrons. The third-order valence-corrected chi connectivity index (χ3v) is 25.1. The normalized spacial score (nSPS) is 12.2. The molecule has 2 fully saturated rings. The summed E-state index contributed by atoms with van der Waals surface area (Å²) < 4.78 is 138. The van der Waals surface area contributed by atoms with E-state index < -0.39 is 86.9 Å². The molecule has 41 heteroatoms. The number of thioether (sulfide) groups is 4. The van der Waals surface area contributed by atoms with Crippen LogP contribution >= 0.6 is 106 Å². The van der Waals surface area contributed by atoms with Gasteiger partial charge in [-0.3, -0.25) is 0 Å². The number of carbonyl (C=O) groups excluding carboxylic acids is 3. The molecule has 2 atom stereocenters. The second-order valence-electron chi connectivity index (χ2n) is 27.8. The number of carbonyl (C=O) groups is 7. The van der Waals surface area contributed by atoms with Crippen LogP contribution in [-0.2, 0) is 80.3 Å². The molecule has 2 aliphatic carbocycles. The fraction of sp³-hybridized carbons (Fsp3) is 0.150. The lowest BCUT2D eigenvalue weighted by Crippen LogP contribution is -2.15. The Balaban J connectivity index is 0.000000370. The molecule has 9 aromatic carbocycles. The lowest BCUT2D eigenvalue weighted by atomic mass is 10.0. The van der Waals surface area contributed by atoms with Crippen molar-refractivity contribution < 1.29 is 142 Å². The Morgan fingerprint density at radius 1 is 0.426 bits per heavy atom. The van der Waals surface area contributed by atoms with Crippen molar-refractivity contribution in [2.45, 2.75) is 98.2 Å². The molecule has 2 aliphatic rings. The molecule has 744 valence electrons. The number of alkyl halides is 4. The second-order valence-corrected chi connectivity index (χ2v) is 37.5. The molecule has 2 heterocycles. The van der Waals surface area contributed by atoms with E-state index >= 15 is 0 Å². The fourth-order valence-corrected chi connectivity index (χ4v) is 16.2. The first-order valence-electron chi connectivity index (χ1n) is 40.8. The second kappa shape index (κ2) is 66.8. The molecule has 0 bridgehead atoms. The number of hydrogen-bond acceptors (Lipinski definition) is 25. The minimum absolute atomic E-state index is 0. The predicted molar refractivity (Wildman–Crippen MR) is 534 cm³/mol. The first kappa shape index (κ1) is 121. The number of aromatic nitrogens is 2. The van der Waals surface area contributed by atoms with Crippen molar-refractivity contribution in [2.75, 3.05) is 20.3 Å². The van der Waals surface area contributed by atoms with Crippen LogP contribution in [0.25, 0.3) is 0 Å². The Hall–Kier alpha value is -12.8. The summed E-state index contributed by atoms with van der Waals surface area (Å²) in [5.41, 5.74) is 1.64. The zero-order valence-electron chi connectivity index (χ0n) is 74.1. The number of rotatable bonds is 36. The predicted octanol–water partition coefficient (Wildman–Crippen LogP) is 22.9. The van der Waals surface area contributed by atoms with Gasteiger partial charge >= 0.3 is 55.0 Å². The molecule has 13 rings (SSSR count). The van der Waals surface area contributed by atoms with E-state index in [0.717, 1.165) is 97.4 Å². The summed E-state index contributed by atoms with van der Waals surface area (Å²) in [7, 11) is -6.56. The number of thiol groups is 1. The Labute approximate surface area is 853 Å². The number of methoxy groups -OCH3 is 1. The van der Waals surface area contributed by atoms with Crippen molar-refractivity contribution >= 4 is 168 Å². The topological polar surface area (TPSA) is 422 Å². The first-order chi connectivity index (χ1) is 66.6. The van der Waals surface area contributed by atoms with Crippen LogP contribution in [-0.4, -0.2) is 124 Å². The Bertz CT molecular complexity index is 5710. The van der Waals surface area contributed by atoms with E-state index in [1.165, 1.54) is 140 Å². The van der Waals surface area contributed by atoms with E-state index in [0.29, 0.717) is 47.3 Å². The molecular weight excluding hydrogens is 2060 g/mol. The maximum Gasteiger partial charge on any atom is 0.387 e. The maximum absolute atomic E-state index is 13.0. The van der Waals surface area contributed by atoms with Crippen LogP contribution in [0.1, 0.15) is 60.1 Å². The van der Waals surface area contributed by atoms with E-state index in [1.807, 2.05) is 152 Å². The van der Waals surface area contributed by atoms with Crippen LogP contribution in [0.15, 0.2) is 377 Å². The van der Waals surface area contributed by atoms with Gasteiger partial charge in [-0.1, -0.05) is 233 Å². The Morgan fingerprint density at radius 3 is 0.922 bits per heavy atom. The molecule has 2 saturated carbocycles. The number of pyridine rings is 2. The minimum Gasteiger partial charge on any atom is -0.870 e. The number of hydrogen-bond donors (Lipinski definition) is 5. The van der Waals surface area contributed by atoms with E-state index in [-0.39, 0.29) is 76.7 Å². The highest BCUT2D eigenvalue weighted by Gasteiger charge is 2.29. The molecule has 8 N–H and O–H groups in total. The van der Waals surface area contributed by atoms with E-state index in [9.17, 15) is 68.0 Å². The standard InChI is InChI=1S/2C27H23Cl2F2NO6S.4C9H8O2S.C6H6S.C4H4O2.2H2O/c2*28-21-14-32-15-22(29)20(21)13-24(37-26(33)10-11-39(34,35)19-4-2-1-3-5-19)18-8-9-23(38-27(30)31)25(12-18)36-16-17-6-7-17;4*10-9(11)6-7-12-8-4-2-1-3-5-8;7-6-4-2-1-3-5-6;1-3-4(5)6-2;;/h2*1-5,8-12,14-15,17,24,27H,6-7,13,16H2;4*1-7H,(H,10,11);1-5,7H;1H,2H3;2*1H2/b11-10+;11-10-;2*7-6+;2*7-6-;;;;/t2*24-;;;;;;;;/m00......../s1. The van der Waals surface area contributed by atoms with Crippen molar-refractivity contribution in [3.63, 3.8) is 0 Å². The first-order valence-corrected chi connectivity index (χ1v) is 49.4. The van der Waals surface area contributed by atoms with E-state index in [4.69, 9.17) is 85.8 Å². The Kier molecular flexibility index (Phi) is 57.1. The average molecular weight is 2150 g/mol. The largest absolute Gasteiger partial charge is 0.870 e. The molecular formula is C100H92Cl4F4N2O24S7. The number of carboxylic acids is 4. The molecule has 0 spiro atoms. The van der Waals surface area contributed by atoms with Gasteiger partial charge in [0.15, 0.2) is 67.5 Å². The monoisotopic (exact) mass is 2140 g/mol. The zero-order chi connectivity index (χ0) is 101. The van der Waals surface area contributed by atoms with Crippen LogP contribution in [0.2, 0.25) is 20.1 Å². The summed E-state index contributed by atoms with van der Waals surface area (Å²) in [4.78, 5) is 86.4. The highest BCUT2D eigenvalue weighted by Crippen LogP contribution is 2.41. The van der Waals surface area contributed by atoms with Crippen LogP contribution in [0.5, 0.6) is 23.0 Å². The number of benzene rings is 9. The number of sulfone groups is 2. The molecule has 0 aliphatic heterocycles. The van der Waals surface area contributed by atoms with Crippen LogP contribution in [0, 0.1) is 24.2 Å². The number of esters is 3. The zero-order valence-corrected chi connectivity index (χ0v) is 82.9. The summed E-state index contributed by atoms with van der Waals surface area (Å²) in [6, 6.07) is 71.7. The van der Waals surface area contributed by atoms with Crippen molar-refractivity contribution in [3.05, 3.63) is 385 Å². The quantitative estimate of drug-likeness (QED) is 0.00356. The van der Waals surface area contributed by atoms with Crippen LogP contribution in [0.3, 0.4) is 0 Å². The molecule has 0 amide bonds. The number of H-pyrrole nitrogens is 2. The number of terminal acetylenes is 1. The fourth-order valence-electron chi connectivity index (χ4n) is 10.4. The number of halogens is 8. The van der Waals surface area contributed by atoms with E-state index in [1.54, 1.807) is 64.0 Å². The third-order valence-electron chi connectivity index (χ3n) is 17.3. The minimum atomic E-state index is -3.90. The van der Waals surface area contributed by atoms with Gasteiger partial charge in [-0.2, -0.15) is 17.6 Å². The number of carboxylic acid groups (broad SMARTS) is 4. The smallest absolute Gasteiger partial charge is 0.387 e. The maximum atomic E-state index is 13.0. The van der Waals surface area contributed by atoms with Gasteiger partial charge in [0.05, 0.1) is 30.1 Å². The summed E-state index contributed by atoms with van der Waals surface area (Å²) in [5.74, 6) is -4.02. The summed E-state index contributed by atoms with van der Waals surface area (Å²) in [6.07, 6.45) is 18.5. The van der Waals surface area contributed by atoms with Gasteiger partial charge in [-0.25, -0.2) is 60.4 Å². The van der Waals surface area contributed by atoms with E-state index in [2.05, 4.69) is 43.2 Å². The number of aromatic amines is 2. The molecule has 11 aromatic rings. The van der Waals surface area contributed by atoms with Gasteiger partial charge in [-0.05, 0) is 179 Å². The molecule has 141 heavy (non-hydrogen) atoms. The van der Waals surface area contributed by atoms with Gasteiger partial charge in [0.1, 0.15) is 32.3 Å². The highest BCUT2D eigenvalue weighted by atomic mass is 35.5. The number of nitrogens with one attached hydrogen (secondary N) is 2. The SMILES string of the molecule is C#CC(=O)OC.O=C(/C=C/S(=O)(=O)c1ccccc1)O[C@@H](Cc1c(Cl)c[nH+]cc1Cl)c1ccc(OC(F)F)c(OCC2CC2)c1.O=C(/C=C\S(=O)(=O)c1ccccc1)O[C@@H](Cc1c(Cl)c[nH+]cc1Cl)c1ccc(OC(F)F)c(OCC2CC2)c1.O=C(O)/C=C/Sc1ccccc1.O=C(O)/C=C/Sc1ccccc1.O=C(O)/C=C\Sc1ccccc1.O=C(O)/C=C\Sc1ccccc1.Sc1ccccc1.[OH-].[OH-]. The van der Waals surface area contributed by atoms with Crippen molar-refractivity contribution in [2.24, 2.45) is 11.8 Å². The van der Waals surface area contributed by atoms with Gasteiger partial charge in [0.25, 0.3) is 0 Å². The molecule has 0 unspecified atom stereocenters. The summed E-state index contributed by atoms with van der Waals surface area (Å²) in [6.45, 7) is -5.50. The van der Waals surface area contributed by atoms with Crippen molar-refractivity contribution in [1.29, 1.82) is 0 Å². The number of ether oxygens (including phenoxy) is 7. The lowest BCUT2D eigenvalue weighted by Gasteiger charge is -2.20. The summed E-state index contributed by atoms with van der Waals surface area (Å²) >= 11 is 34.9. The molecule has 0 saturated heterocycles. The van der Waals surface area contributed by atoms with Crippen molar-refractivity contribution in [1.82, 2.24) is 0 Å². The average Bonchev–Trinajstić information content (AvgIpc) is 1.47. The van der Waals surface area contributed by atoms with Crippen LogP contribution in [0.4, 0.5) is 17.6 Å². The van der Waals surface area contributed by atoms with Gasteiger partial charge < -0.3 is 64.5 Å². The lowest BCUT2D eigenvalue weighted by molar-refractivity contribution is -0.378. The third kappa shape index (κ3) is 51.3. The van der Waals surface area contributed by atoms with Crippen LogP contribution < -0.4 is 28.9 Å². The van der Waals surface area contributed by atoms with Gasteiger partial charge in [0, 0.05) is 102 Å². The molecule has 26 nitrogen and oxygen atoms in total. The summed E-state index contributed by atoms with van der Waals surface area (Å²) in [5, 5.41) is 42.0. The number of aliphatic carboxylic acids is 4. The van der Waals surface area contributed by atoms with Crippen molar-refractivity contribution in [3.8, 4) is 35.3 Å². The van der Waals surface area contributed by atoms with Gasteiger partial charge in [0.2, 0.25) is 0 Å². The molecule has 2 aromatic heterocycles. The Morgan fingerprint density at radius 2 is 0.695 bits per heavy atom. The highest BCUT2D eigenvalue weighted by molar-refractivity contribution is 8.03.